The lowest BCUT2D eigenvalue weighted by Crippen LogP contribution is -2.36. The van der Waals surface area contributed by atoms with E-state index in [0.717, 1.165) is 50.5 Å². The molecule has 134 valence electrons. The van der Waals surface area contributed by atoms with Crippen LogP contribution >= 0.6 is 0 Å². The molecule has 2 aliphatic rings. The van der Waals surface area contributed by atoms with E-state index < -0.39 is 0 Å². The van der Waals surface area contributed by atoms with Crippen molar-refractivity contribution in [2.24, 2.45) is 0 Å². The summed E-state index contributed by atoms with van der Waals surface area (Å²) in [6.45, 7) is 7.96. The van der Waals surface area contributed by atoms with Gasteiger partial charge in [0.25, 0.3) is 0 Å². The van der Waals surface area contributed by atoms with Crippen molar-refractivity contribution >= 4 is 5.91 Å². The van der Waals surface area contributed by atoms with E-state index in [4.69, 9.17) is 4.98 Å². The number of imidazole rings is 1. The molecular weight excluding hydrogens is 316 g/mol. The zero-order chi connectivity index (χ0) is 17.4. The Morgan fingerprint density at radius 2 is 2.16 bits per heavy atom. The van der Waals surface area contributed by atoms with Crippen molar-refractivity contribution in [1.29, 1.82) is 0 Å². The third-order valence-electron chi connectivity index (χ3n) is 5.09. The first-order valence-corrected chi connectivity index (χ1v) is 9.23. The summed E-state index contributed by atoms with van der Waals surface area (Å²) < 4.78 is 4.16. The summed E-state index contributed by atoms with van der Waals surface area (Å²) in [5.41, 5.74) is 2.11. The molecule has 2 aromatic rings. The molecule has 1 fully saturated rings. The first kappa shape index (κ1) is 16.3. The highest BCUT2D eigenvalue weighted by Gasteiger charge is 2.28. The van der Waals surface area contributed by atoms with Crippen LogP contribution in [0.15, 0.2) is 18.6 Å². The van der Waals surface area contributed by atoms with Gasteiger partial charge in [0.05, 0.1) is 24.4 Å². The van der Waals surface area contributed by atoms with Gasteiger partial charge in [0.15, 0.2) is 0 Å². The quantitative estimate of drug-likeness (QED) is 0.864. The zero-order valence-corrected chi connectivity index (χ0v) is 15.0. The lowest BCUT2D eigenvalue weighted by Gasteiger charge is -2.33. The highest BCUT2D eigenvalue weighted by atomic mass is 16.1. The number of nitrogens with zero attached hydrogens (tertiary/aromatic N) is 5. The monoisotopic (exact) mass is 342 g/mol. The minimum Gasteiger partial charge on any atom is -0.353 e. The van der Waals surface area contributed by atoms with Crippen LogP contribution < -0.4 is 5.32 Å². The van der Waals surface area contributed by atoms with Crippen molar-refractivity contribution in [3.63, 3.8) is 0 Å². The molecule has 0 saturated heterocycles. The normalized spacial score (nSPS) is 20.5. The molecule has 0 spiro atoms. The lowest BCUT2D eigenvalue weighted by atomic mass is 10.2. The van der Waals surface area contributed by atoms with Gasteiger partial charge in [-0.2, -0.15) is 5.10 Å². The summed E-state index contributed by atoms with van der Waals surface area (Å²) in [6, 6.07) is 0.641. The second kappa shape index (κ2) is 6.63. The molecular formula is C18H26N6O. The number of aromatic nitrogens is 4. The second-order valence-corrected chi connectivity index (χ2v) is 7.15. The van der Waals surface area contributed by atoms with E-state index in [1.807, 2.05) is 17.1 Å². The molecule has 25 heavy (non-hydrogen) atoms. The van der Waals surface area contributed by atoms with E-state index >= 15 is 0 Å². The number of hydrogen-bond acceptors (Lipinski definition) is 4. The van der Waals surface area contributed by atoms with Crippen molar-refractivity contribution in [3.05, 3.63) is 35.7 Å². The van der Waals surface area contributed by atoms with Crippen LogP contribution in [-0.4, -0.2) is 42.7 Å². The van der Waals surface area contributed by atoms with Gasteiger partial charge < -0.3 is 9.88 Å². The fourth-order valence-electron chi connectivity index (χ4n) is 3.46. The SMILES string of the molecule is CCn1cc(CN2CCn3cc(CC(=O)NC4CC4)nc3C2C)cn1. The zero-order valence-electron chi connectivity index (χ0n) is 15.0. The molecule has 1 amide bonds. The van der Waals surface area contributed by atoms with Gasteiger partial charge in [-0.05, 0) is 26.7 Å². The number of nitrogens with one attached hydrogen (secondary N) is 1. The first-order valence-electron chi connectivity index (χ1n) is 9.23. The average Bonchev–Trinajstić information content (AvgIpc) is 3.12. The van der Waals surface area contributed by atoms with E-state index in [1.165, 1.54) is 5.56 Å². The van der Waals surface area contributed by atoms with Crippen LogP contribution in [-0.2, 0) is 30.8 Å². The van der Waals surface area contributed by atoms with E-state index in [-0.39, 0.29) is 11.9 Å². The van der Waals surface area contributed by atoms with E-state index in [9.17, 15) is 4.79 Å². The average molecular weight is 342 g/mol. The minimum atomic E-state index is 0.0921. The molecule has 7 heteroatoms. The maximum atomic E-state index is 12.0. The van der Waals surface area contributed by atoms with E-state index in [0.29, 0.717) is 12.5 Å². The Morgan fingerprint density at radius 1 is 1.32 bits per heavy atom. The molecule has 1 aliphatic carbocycles. The Labute approximate surface area is 148 Å². The Balaban J connectivity index is 1.42. The van der Waals surface area contributed by atoms with Crippen molar-refractivity contribution in [2.75, 3.05) is 6.54 Å². The van der Waals surface area contributed by atoms with Gasteiger partial charge in [-0.3, -0.25) is 14.4 Å². The molecule has 7 nitrogen and oxygen atoms in total. The van der Waals surface area contributed by atoms with Gasteiger partial charge >= 0.3 is 0 Å². The van der Waals surface area contributed by atoms with Gasteiger partial charge in [0, 0.05) is 50.2 Å². The highest BCUT2D eigenvalue weighted by molar-refractivity contribution is 5.78. The van der Waals surface area contributed by atoms with Crippen LogP contribution in [0.3, 0.4) is 0 Å². The molecule has 2 aromatic heterocycles. The van der Waals surface area contributed by atoms with Gasteiger partial charge in [0.1, 0.15) is 5.82 Å². The minimum absolute atomic E-state index is 0.0921. The largest absolute Gasteiger partial charge is 0.353 e. The number of fused-ring (bicyclic) bond motifs is 1. The van der Waals surface area contributed by atoms with Crippen LogP contribution in [0.2, 0.25) is 0 Å². The number of amides is 1. The van der Waals surface area contributed by atoms with Crippen molar-refractivity contribution in [3.8, 4) is 0 Å². The van der Waals surface area contributed by atoms with Crippen molar-refractivity contribution in [1.82, 2.24) is 29.5 Å². The smallest absolute Gasteiger partial charge is 0.226 e. The molecule has 1 saturated carbocycles. The second-order valence-electron chi connectivity index (χ2n) is 7.15. The summed E-state index contributed by atoms with van der Waals surface area (Å²) in [4.78, 5) is 19.2. The number of rotatable bonds is 6. The maximum absolute atomic E-state index is 12.0. The summed E-state index contributed by atoms with van der Waals surface area (Å²) in [6.07, 6.45) is 8.72. The van der Waals surface area contributed by atoms with Gasteiger partial charge in [-0.1, -0.05) is 0 Å². The fraction of sp³-hybridized carbons (Fsp3) is 0.611. The Bertz CT molecular complexity index is 759. The molecule has 4 rings (SSSR count). The summed E-state index contributed by atoms with van der Waals surface area (Å²) >= 11 is 0. The third kappa shape index (κ3) is 3.61. The Hall–Kier alpha value is -2.15. The van der Waals surface area contributed by atoms with Crippen LogP contribution in [0.25, 0.3) is 0 Å². The van der Waals surface area contributed by atoms with Crippen molar-refractivity contribution in [2.45, 2.75) is 64.8 Å². The van der Waals surface area contributed by atoms with E-state index in [1.54, 1.807) is 0 Å². The number of carbonyl (C=O) groups is 1. The number of carbonyl (C=O) groups excluding carboxylic acids is 1. The van der Waals surface area contributed by atoms with Crippen molar-refractivity contribution < 1.29 is 4.79 Å². The highest BCUT2D eigenvalue weighted by Crippen LogP contribution is 2.26. The standard InChI is InChI=1S/C18H26N6O/c1-3-24-11-14(9-19-24)10-22-6-7-23-12-16(21-18(23)13(22)2)8-17(25)20-15-4-5-15/h9,11-13,15H,3-8,10H2,1-2H3,(H,20,25). The summed E-state index contributed by atoms with van der Waals surface area (Å²) in [7, 11) is 0. The molecule has 0 bridgehead atoms. The molecule has 1 N–H and O–H groups in total. The topological polar surface area (TPSA) is 68.0 Å². The first-order chi connectivity index (χ1) is 12.1. The molecule has 0 radical (unpaired) electrons. The third-order valence-corrected chi connectivity index (χ3v) is 5.09. The lowest BCUT2D eigenvalue weighted by molar-refractivity contribution is -0.120. The Kier molecular flexibility index (Phi) is 4.33. The number of hydrogen-bond donors (Lipinski definition) is 1. The summed E-state index contributed by atoms with van der Waals surface area (Å²) in [5, 5.41) is 7.40. The van der Waals surface area contributed by atoms with E-state index in [2.05, 4.69) is 39.9 Å². The van der Waals surface area contributed by atoms with Gasteiger partial charge in [-0.15, -0.1) is 0 Å². The molecule has 3 heterocycles. The molecule has 1 atom stereocenters. The van der Waals surface area contributed by atoms with Crippen LogP contribution in [0.1, 0.15) is 49.8 Å². The molecule has 0 aromatic carbocycles. The Morgan fingerprint density at radius 3 is 2.88 bits per heavy atom. The van der Waals surface area contributed by atoms with Crippen LogP contribution in [0, 0.1) is 0 Å². The number of aryl methyl sites for hydroxylation is 1. The maximum Gasteiger partial charge on any atom is 0.226 e. The van der Waals surface area contributed by atoms with Gasteiger partial charge in [-0.25, -0.2) is 4.98 Å². The molecule has 1 aliphatic heterocycles. The fourth-order valence-corrected chi connectivity index (χ4v) is 3.46. The van der Waals surface area contributed by atoms with Gasteiger partial charge in [0.2, 0.25) is 5.91 Å². The predicted octanol–water partition coefficient (Wildman–Crippen LogP) is 1.50. The summed E-state index contributed by atoms with van der Waals surface area (Å²) in [5.74, 6) is 1.15. The predicted molar refractivity (Wildman–Crippen MR) is 93.8 cm³/mol. The molecule has 1 unspecified atom stereocenters. The van der Waals surface area contributed by atoms with Crippen LogP contribution in [0.5, 0.6) is 0 Å². The van der Waals surface area contributed by atoms with Crippen LogP contribution in [0.4, 0.5) is 0 Å².